The molecule has 0 saturated carbocycles. The molecule has 2 amide bonds. The largest absolute Gasteiger partial charge is 0.337 e. The van der Waals surface area contributed by atoms with Crippen molar-refractivity contribution in [1.82, 2.24) is 15.5 Å². The summed E-state index contributed by atoms with van der Waals surface area (Å²) in [4.78, 5) is 12.7. The molecule has 1 rings (SSSR count). The Bertz CT molecular complexity index is 412. The summed E-state index contributed by atoms with van der Waals surface area (Å²) in [6.45, 7) is 1.68. The Hall–Kier alpha value is -1.33. The number of halogens is 2. The molecular formula is C12H17ClFN3O. The van der Waals surface area contributed by atoms with Crippen molar-refractivity contribution in [2.45, 2.75) is 6.54 Å². The highest BCUT2D eigenvalue weighted by atomic mass is 35.5. The Morgan fingerprint density at radius 1 is 1.39 bits per heavy atom. The topological polar surface area (TPSA) is 44.4 Å². The Morgan fingerprint density at radius 3 is 2.72 bits per heavy atom. The maximum Gasteiger partial charge on any atom is 0.316 e. The summed E-state index contributed by atoms with van der Waals surface area (Å²) >= 11 is 5.88. The van der Waals surface area contributed by atoms with Crippen molar-refractivity contribution >= 4 is 17.6 Å². The van der Waals surface area contributed by atoms with Gasteiger partial charge in [-0.15, -0.1) is 0 Å². The Labute approximate surface area is 111 Å². The first-order valence-electron chi connectivity index (χ1n) is 5.60. The standard InChI is InChI=1S/C12H17ClFN3O/c1-17(2)12(18)16-6-5-15-8-9-3-4-10(14)7-11(9)13/h3-4,7,15H,5-6,8H2,1-2H3,(H,16,18). The van der Waals surface area contributed by atoms with E-state index < -0.39 is 0 Å². The van der Waals surface area contributed by atoms with E-state index in [4.69, 9.17) is 11.6 Å². The molecule has 2 N–H and O–H groups in total. The Kier molecular flexibility index (Phi) is 5.88. The van der Waals surface area contributed by atoms with E-state index in [1.807, 2.05) is 0 Å². The van der Waals surface area contributed by atoms with Gasteiger partial charge in [0.05, 0.1) is 0 Å². The number of nitrogens with zero attached hydrogens (tertiary/aromatic N) is 1. The third kappa shape index (κ3) is 4.89. The number of carbonyl (C=O) groups excluding carboxylic acids is 1. The Balaban J connectivity index is 2.24. The molecule has 0 spiro atoms. The van der Waals surface area contributed by atoms with Gasteiger partial charge >= 0.3 is 6.03 Å². The van der Waals surface area contributed by atoms with Gasteiger partial charge in [-0.2, -0.15) is 0 Å². The molecule has 1 aromatic rings. The molecule has 0 aliphatic heterocycles. The SMILES string of the molecule is CN(C)C(=O)NCCNCc1ccc(F)cc1Cl. The van der Waals surface area contributed by atoms with Gasteiger partial charge in [-0.3, -0.25) is 0 Å². The third-order valence-electron chi connectivity index (χ3n) is 2.31. The van der Waals surface area contributed by atoms with E-state index in [1.54, 1.807) is 20.2 Å². The normalized spacial score (nSPS) is 10.2. The van der Waals surface area contributed by atoms with Gasteiger partial charge in [0, 0.05) is 38.8 Å². The minimum absolute atomic E-state index is 0.128. The van der Waals surface area contributed by atoms with Crippen molar-refractivity contribution < 1.29 is 9.18 Å². The first-order chi connectivity index (χ1) is 8.50. The minimum atomic E-state index is -0.345. The van der Waals surface area contributed by atoms with Crippen molar-refractivity contribution in [3.05, 3.63) is 34.6 Å². The smallest absolute Gasteiger partial charge is 0.316 e. The second-order valence-corrected chi connectivity index (χ2v) is 4.45. The maximum atomic E-state index is 12.8. The lowest BCUT2D eigenvalue weighted by molar-refractivity contribution is 0.217. The first-order valence-corrected chi connectivity index (χ1v) is 5.98. The molecule has 0 unspecified atom stereocenters. The van der Waals surface area contributed by atoms with E-state index in [2.05, 4.69) is 10.6 Å². The molecule has 0 saturated heterocycles. The highest BCUT2D eigenvalue weighted by Gasteiger charge is 2.03. The van der Waals surface area contributed by atoms with Crippen molar-refractivity contribution in [3.63, 3.8) is 0 Å². The van der Waals surface area contributed by atoms with Gasteiger partial charge in [-0.1, -0.05) is 17.7 Å². The molecule has 4 nitrogen and oxygen atoms in total. The fourth-order valence-electron chi connectivity index (χ4n) is 1.30. The fourth-order valence-corrected chi connectivity index (χ4v) is 1.54. The van der Waals surface area contributed by atoms with Crippen LogP contribution in [-0.4, -0.2) is 38.1 Å². The van der Waals surface area contributed by atoms with Crippen LogP contribution in [0.15, 0.2) is 18.2 Å². The molecule has 0 bridgehead atoms. The van der Waals surface area contributed by atoms with Crippen LogP contribution in [0.3, 0.4) is 0 Å². The number of rotatable bonds is 5. The van der Waals surface area contributed by atoms with Crippen LogP contribution in [-0.2, 0) is 6.54 Å². The number of urea groups is 1. The summed E-state index contributed by atoms with van der Waals surface area (Å²) in [7, 11) is 3.36. The van der Waals surface area contributed by atoms with Crippen molar-refractivity contribution in [1.29, 1.82) is 0 Å². The minimum Gasteiger partial charge on any atom is -0.337 e. The molecule has 100 valence electrons. The van der Waals surface area contributed by atoms with Crippen LogP contribution in [0.2, 0.25) is 5.02 Å². The average Bonchev–Trinajstić information content (AvgIpc) is 2.30. The van der Waals surface area contributed by atoms with Crippen molar-refractivity contribution in [3.8, 4) is 0 Å². The Morgan fingerprint density at radius 2 is 2.11 bits per heavy atom. The highest BCUT2D eigenvalue weighted by molar-refractivity contribution is 6.31. The van der Waals surface area contributed by atoms with E-state index in [-0.39, 0.29) is 11.8 Å². The fraction of sp³-hybridized carbons (Fsp3) is 0.417. The van der Waals surface area contributed by atoms with Crippen molar-refractivity contribution in [2.24, 2.45) is 0 Å². The number of benzene rings is 1. The molecule has 0 radical (unpaired) electrons. The second-order valence-electron chi connectivity index (χ2n) is 4.04. The molecule has 6 heteroatoms. The van der Waals surface area contributed by atoms with E-state index in [0.29, 0.717) is 24.7 Å². The molecule has 0 aliphatic carbocycles. The summed E-state index contributed by atoms with van der Waals surface area (Å²) < 4.78 is 12.8. The molecule has 0 aliphatic rings. The molecule has 0 heterocycles. The predicted octanol–water partition coefficient (Wildman–Crippen LogP) is 1.84. The van der Waals surface area contributed by atoms with E-state index in [9.17, 15) is 9.18 Å². The number of hydrogen-bond donors (Lipinski definition) is 2. The van der Waals surface area contributed by atoms with E-state index >= 15 is 0 Å². The molecule has 0 fully saturated rings. The number of hydrogen-bond acceptors (Lipinski definition) is 2. The van der Waals surface area contributed by atoms with Gasteiger partial charge in [0.25, 0.3) is 0 Å². The van der Waals surface area contributed by atoms with Gasteiger partial charge in [-0.05, 0) is 17.7 Å². The van der Waals surface area contributed by atoms with Gasteiger partial charge in [0.2, 0.25) is 0 Å². The second kappa shape index (κ2) is 7.18. The maximum absolute atomic E-state index is 12.8. The highest BCUT2D eigenvalue weighted by Crippen LogP contribution is 2.16. The summed E-state index contributed by atoms with van der Waals surface area (Å²) in [6, 6.07) is 4.17. The van der Waals surface area contributed by atoms with Crippen LogP contribution >= 0.6 is 11.6 Å². The van der Waals surface area contributed by atoms with Crippen LogP contribution in [0.25, 0.3) is 0 Å². The summed E-state index contributed by atoms with van der Waals surface area (Å²) in [6.07, 6.45) is 0. The quantitative estimate of drug-likeness (QED) is 0.804. The molecule has 0 atom stereocenters. The number of carbonyl (C=O) groups is 1. The van der Waals surface area contributed by atoms with E-state index in [0.717, 1.165) is 5.56 Å². The predicted molar refractivity (Wildman–Crippen MR) is 70.2 cm³/mol. The number of nitrogens with one attached hydrogen (secondary N) is 2. The van der Waals surface area contributed by atoms with Crippen LogP contribution in [0.5, 0.6) is 0 Å². The van der Waals surface area contributed by atoms with Crippen LogP contribution in [0.4, 0.5) is 9.18 Å². The number of amides is 2. The summed E-state index contributed by atoms with van der Waals surface area (Å²) in [5.74, 6) is -0.345. The third-order valence-corrected chi connectivity index (χ3v) is 2.67. The molecule has 18 heavy (non-hydrogen) atoms. The zero-order valence-electron chi connectivity index (χ0n) is 10.5. The molecule has 0 aromatic heterocycles. The summed E-state index contributed by atoms with van der Waals surface area (Å²) in [5, 5.41) is 6.24. The zero-order valence-corrected chi connectivity index (χ0v) is 11.2. The molecular weight excluding hydrogens is 257 g/mol. The van der Waals surface area contributed by atoms with Crippen molar-refractivity contribution in [2.75, 3.05) is 27.2 Å². The van der Waals surface area contributed by atoms with Crippen LogP contribution < -0.4 is 10.6 Å². The lowest BCUT2D eigenvalue weighted by atomic mass is 10.2. The lowest BCUT2D eigenvalue weighted by Crippen LogP contribution is -2.38. The molecule has 1 aromatic carbocycles. The zero-order chi connectivity index (χ0) is 13.5. The van der Waals surface area contributed by atoms with Crippen LogP contribution in [0.1, 0.15) is 5.56 Å². The van der Waals surface area contributed by atoms with Crippen LogP contribution in [0, 0.1) is 5.82 Å². The van der Waals surface area contributed by atoms with Gasteiger partial charge < -0.3 is 15.5 Å². The average molecular weight is 274 g/mol. The monoisotopic (exact) mass is 273 g/mol. The lowest BCUT2D eigenvalue weighted by Gasteiger charge is -2.12. The first kappa shape index (κ1) is 14.7. The summed E-state index contributed by atoms with van der Waals surface area (Å²) in [5.41, 5.74) is 0.831. The van der Waals surface area contributed by atoms with Gasteiger partial charge in [-0.25, -0.2) is 9.18 Å². The van der Waals surface area contributed by atoms with Gasteiger partial charge in [0.1, 0.15) is 5.82 Å². The van der Waals surface area contributed by atoms with E-state index in [1.165, 1.54) is 17.0 Å². The van der Waals surface area contributed by atoms with Gasteiger partial charge in [0.15, 0.2) is 0 Å².